The molecule has 0 bridgehead atoms. The summed E-state index contributed by atoms with van der Waals surface area (Å²) in [5, 5.41) is 4.32. The number of alkyl halides is 2. The molecule has 3 heterocycles. The molecular weight excluding hydrogens is 488 g/mol. The van der Waals surface area contributed by atoms with Crippen LogP contribution in [0, 0.1) is 18.8 Å². The molecule has 2 aromatic heterocycles. The maximum absolute atomic E-state index is 13.0. The minimum Gasteiger partial charge on any atom is -0.467 e. The van der Waals surface area contributed by atoms with E-state index in [0.717, 1.165) is 56.9 Å². The van der Waals surface area contributed by atoms with Crippen LogP contribution in [0.1, 0.15) is 67.7 Å². The van der Waals surface area contributed by atoms with Gasteiger partial charge >= 0.3 is 0 Å². The van der Waals surface area contributed by atoms with Crippen molar-refractivity contribution in [2.45, 2.75) is 83.2 Å². The highest BCUT2D eigenvalue weighted by molar-refractivity contribution is 7.13. The monoisotopic (exact) mass is 523 g/mol. The van der Waals surface area contributed by atoms with E-state index in [9.17, 15) is 13.6 Å². The standard InChI is InChI=1S/C26H35F2N3O4S/c1-17-12-24(30-35-17)33-16-20(32)13-19-4-2-18(3-5-19)6-9-31-10-7-22-23(8-11-31)36-25(29-22)34-21-14-26(27,28)15-21/h12,18-19,21H,2-11,13-16H2,1H3. The van der Waals surface area contributed by atoms with Crippen molar-refractivity contribution < 1.29 is 27.6 Å². The molecule has 0 aromatic carbocycles. The molecule has 0 spiro atoms. The molecule has 2 aliphatic carbocycles. The van der Waals surface area contributed by atoms with Gasteiger partial charge in [-0.05, 0) is 56.1 Å². The number of carbonyl (C=O) groups excluding carboxylic acids is 1. The van der Waals surface area contributed by atoms with E-state index >= 15 is 0 Å². The molecule has 2 aromatic rings. The number of ketones is 1. The average molecular weight is 524 g/mol. The zero-order valence-corrected chi connectivity index (χ0v) is 21.7. The Kier molecular flexibility index (Phi) is 7.90. The van der Waals surface area contributed by atoms with Crippen molar-refractivity contribution >= 4 is 17.1 Å². The fraction of sp³-hybridized carbons (Fsp3) is 0.731. The lowest BCUT2D eigenvalue weighted by atomic mass is 9.78. The van der Waals surface area contributed by atoms with Gasteiger partial charge in [-0.2, -0.15) is 0 Å². The molecule has 36 heavy (non-hydrogen) atoms. The molecular formula is C26H35F2N3O4S. The maximum atomic E-state index is 13.0. The summed E-state index contributed by atoms with van der Waals surface area (Å²) in [6, 6.07) is 1.69. The quantitative estimate of drug-likeness (QED) is 0.421. The van der Waals surface area contributed by atoms with Crippen LogP contribution < -0.4 is 9.47 Å². The third-order valence-corrected chi connectivity index (χ3v) is 8.77. The summed E-state index contributed by atoms with van der Waals surface area (Å²) < 4.78 is 42.2. The van der Waals surface area contributed by atoms with Crippen LogP contribution in [0.5, 0.6) is 11.1 Å². The summed E-state index contributed by atoms with van der Waals surface area (Å²) in [4.78, 5) is 20.7. The summed E-state index contributed by atoms with van der Waals surface area (Å²) in [5.74, 6) is -0.212. The van der Waals surface area contributed by atoms with Crippen LogP contribution in [0.25, 0.3) is 0 Å². The molecule has 0 saturated heterocycles. The van der Waals surface area contributed by atoms with Crippen LogP contribution in [0.3, 0.4) is 0 Å². The van der Waals surface area contributed by atoms with Gasteiger partial charge in [0.1, 0.15) is 18.5 Å². The summed E-state index contributed by atoms with van der Waals surface area (Å²) in [5.41, 5.74) is 1.08. The van der Waals surface area contributed by atoms with Crippen molar-refractivity contribution in [2.24, 2.45) is 11.8 Å². The fourth-order valence-electron chi connectivity index (χ4n) is 5.53. The smallest absolute Gasteiger partial charge is 0.273 e. The zero-order valence-electron chi connectivity index (χ0n) is 20.8. The Bertz CT molecular complexity index is 1000. The number of nitrogens with zero attached hydrogens (tertiary/aromatic N) is 3. The molecule has 1 aliphatic heterocycles. The molecule has 2 saturated carbocycles. The third-order valence-electron chi connectivity index (χ3n) is 7.72. The van der Waals surface area contributed by atoms with Crippen molar-refractivity contribution in [2.75, 3.05) is 26.2 Å². The van der Waals surface area contributed by atoms with Crippen molar-refractivity contribution in [3.05, 3.63) is 22.4 Å². The molecule has 3 aliphatic rings. The number of ether oxygens (including phenoxy) is 2. The Labute approximate surface area is 214 Å². The molecule has 2 fully saturated rings. The van der Waals surface area contributed by atoms with Crippen LogP contribution in [0.15, 0.2) is 10.6 Å². The van der Waals surface area contributed by atoms with Crippen molar-refractivity contribution in [3.8, 4) is 11.1 Å². The lowest BCUT2D eigenvalue weighted by Crippen LogP contribution is -2.43. The van der Waals surface area contributed by atoms with Crippen LogP contribution in [0.2, 0.25) is 0 Å². The van der Waals surface area contributed by atoms with E-state index in [-0.39, 0.29) is 25.2 Å². The zero-order chi connectivity index (χ0) is 25.1. The lowest BCUT2D eigenvalue weighted by Gasteiger charge is -2.33. The Morgan fingerprint density at radius 1 is 1.19 bits per heavy atom. The molecule has 0 unspecified atom stereocenters. The van der Waals surface area contributed by atoms with Gasteiger partial charge in [0.2, 0.25) is 0 Å². The minimum atomic E-state index is -2.57. The van der Waals surface area contributed by atoms with Gasteiger partial charge in [0.15, 0.2) is 5.78 Å². The van der Waals surface area contributed by atoms with Gasteiger partial charge < -0.3 is 18.9 Å². The number of rotatable bonds is 10. The normalized spacial score (nSPS) is 24.5. The van der Waals surface area contributed by atoms with Crippen LogP contribution >= 0.6 is 11.3 Å². The van der Waals surface area contributed by atoms with Gasteiger partial charge in [0.05, 0.1) is 5.69 Å². The highest BCUT2D eigenvalue weighted by atomic mass is 32.1. The van der Waals surface area contributed by atoms with Crippen LogP contribution in [0.4, 0.5) is 8.78 Å². The van der Waals surface area contributed by atoms with E-state index in [0.29, 0.717) is 29.2 Å². The summed E-state index contributed by atoms with van der Waals surface area (Å²) >= 11 is 1.53. The molecule has 7 nitrogen and oxygen atoms in total. The highest BCUT2D eigenvalue weighted by Gasteiger charge is 2.47. The summed E-state index contributed by atoms with van der Waals surface area (Å²) in [6.45, 7) is 4.93. The van der Waals surface area contributed by atoms with E-state index < -0.39 is 12.0 Å². The topological polar surface area (TPSA) is 77.7 Å². The summed E-state index contributed by atoms with van der Waals surface area (Å²) in [6.07, 6.45) is 7.42. The first-order chi connectivity index (χ1) is 17.3. The lowest BCUT2D eigenvalue weighted by molar-refractivity contribution is -0.134. The van der Waals surface area contributed by atoms with Gasteiger partial charge in [0.25, 0.3) is 17.0 Å². The largest absolute Gasteiger partial charge is 0.467 e. The second-order valence-electron chi connectivity index (χ2n) is 10.7. The minimum absolute atomic E-state index is 0.0609. The molecule has 0 radical (unpaired) electrons. The first kappa shape index (κ1) is 25.6. The number of halogens is 2. The number of Topliss-reactive ketones (excluding diaryl/α,β-unsaturated/α-hetero) is 1. The number of hydrogen-bond donors (Lipinski definition) is 0. The van der Waals surface area contributed by atoms with E-state index in [2.05, 4.69) is 15.0 Å². The number of aryl methyl sites for hydroxylation is 1. The van der Waals surface area contributed by atoms with Gasteiger partial charge in [-0.15, -0.1) is 0 Å². The van der Waals surface area contributed by atoms with Crippen LogP contribution in [-0.2, 0) is 17.6 Å². The predicted octanol–water partition coefficient (Wildman–Crippen LogP) is 5.25. The van der Waals surface area contributed by atoms with E-state index in [1.807, 2.05) is 0 Å². The van der Waals surface area contributed by atoms with E-state index in [4.69, 9.17) is 14.0 Å². The number of thiazole rings is 1. The molecule has 0 N–H and O–H groups in total. The average Bonchev–Trinajstić information content (AvgIpc) is 3.37. The Morgan fingerprint density at radius 3 is 2.67 bits per heavy atom. The van der Waals surface area contributed by atoms with Crippen molar-refractivity contribution in [1.82, 2.24) is 15.0 Å². The predicted molar refractivity (Wildman–Crippen MR) is 131 cm³/mol. The second-order valence-corrected chi connectivity index (χ2v) is 11.7. The van der Waals surface area contributed by atoms with Gasteiger partial charge in [-0.1, -0.05) is 24.2 Å². The molecule has 0 atom stereocenters. The first-order valence-corrected chi connectivity index (χ1v) is 14.0. The summed E-state index contributed by atoms with van der Waals surface area (Å²) in [7, 11) is 0. The van der Waals surface area contributed by atoms with E-state index in [1.54, 1.807) is 13.0 Å². The molecule has 5 rings (SSSR count). The Morgan fingerprint density at radius 2 is 1.94 bits per heavy atom. The van der Waals surface area contributed by atoms with Gasteiger partial charge in [-0.25, -0.2) is 13.8 Å². The van der Waals surface area contributed by atoms with Gasteiger partial charge in [-0.3, -0.25) is 4.79 Å². The van der Waals surface area contributed by atoms with Crippen molar-refractivity contribution in [1.29, 1.82) is 0 Å². The highest BCUT2D eigenvalue weighted by Crippen LogP contribution is 2.41. The molecule has 10 heteroatoms. The SMILES string of the molecule is Cc1cc(OCC(=O)CC2CCC(CCN3CCc4nc(OC5CC(F)(F)C5)sc4CC3)CC2)no1. The number of aromatic nitrogens is 2. The van der Waals surface area contributed by atoms with E-state index in [1.165, 1.54) is 35.5 Å². The molecule has 198 valence electrons. The van der Waals surface area contributed by atoms with Crippen LogP contribution in [-0.4, -0.2) is 59.1 Å². The fourth-order valence-corrected chi connectivity index (χ4v) is 6.54. The first-order valence-electron chi connectivity index (χ1n) is 13.1. The Hall–Kier alpha value is -2.07. The maximum Gasteiger partial charge on any atom is 0.273 e. The second kappa shape index (κ2) is 11.1. The number of hydrogen-bond acceptors (Lipinski definition) is 8. The Balaban J connectivity index is 0.968. The number of fused-ring (bicyclic) bond motifs is 1. The number of carbonyl (C=O) groups is 1. The van der Waals surface area contributed by atoms with Crippen molar-refractivity contribution in [3.63, 3.8) is 0 Å². The van der Waals surface area contributed by atoms with Gasteiger partial charge in [0, 0.05) is 49.7 Å². The third kappa shape index (κ3) is 6.82. The molecule has 0 amide bonds.